The molecule has 0 bridgehead atoms. The third-order valence-corrected chi connectivity index (χ3v) is 6.74. The fourth-order valence-corrected chi connectivity index (χ4v) is 4.81. The number of carbonyl (C=O) groups is 2. The van der Waals surface area contributed by atoms with Gasteiger partial charge in [-0.1, -0.05) is 48.5 Å². The molecule has 0 unspecified atom stereocenters. The molecule has 0 aliphatic carbocycles. The molecule has 0 radical (unpaired) electrons. The average molecular weight is 485 g/mol. The molecule has 9 heteroatoms. The third kappa shape index (κ3) is 4.17. The first-order valence-electron chi connectivity index (χ1n) is 12.0. The van der Waals surface area contributed by atoms with Crippen LogP contribution in [0.25, 0.3) is 10.8 Å². The number of aromatic amines is 1. The van der Waals surface area contributed by atoms with E-state index < -0.39 is 5.92 Å². The van der Waals surface area contributed by atoms with Gasteiger partial charge in [-0.2, -0.15) is 10.2 Å². The number of hydrogen-bond donors (Lipinski definition) is 1. The summed E-state index contributed by atoms with van der Waals surface area (Å²) in [6, 6.07) is 17.1. The second kappa shape index (κ2) is 9.41. The van der Waals surface area contributed by atoms with Crippen LogP contribution in [-0.2, 0) is 24.3 Å². The lowest BCUT2D eigenvalue weighted by Crippen LogP contribution is -2.39. The molecule has 1 N–H and O–H groups in total. The minimum Gasteiger partial charge on any atom is -0.343 e. The van der Waals surface area contributed by atoms with E-state index in [4.69, 9.17) is 5.10 Å². The Morgan fingerprint density at radius 1 is 1.06 bits per heavy atom. The zero-order valence-corrected chi connectivity index (χ0v) is 20.6. The van der Waals surface area contributed by atoms with Crippen LogP contribution in [0.15, 0.2) is 59.4 Å². The first kappa shape index (κ1) is 23.5. The molecule has 0 saturated heterocycles. The molecule has 1 aliphatic heterocycles. The van der Waals surface area contributed by atoms with E-state index in [1.165, 1.54) is 4.90 Å². The second-order valence-electron chi connectivity index (χ2n) is 9.33. The molecule has 0 saturated carbocycles. The maximum atomic E-state index is 13.6. The summed E-state index contributed by atoms with van der Waals surface area (Å²) in [4.78, 5) is 42.1. The van der Waals surface area contributed by atoms with Crippen molar-refractivity contribution in [3.05, 3.63) is 93.2 Å². The van der Waals surface area contributed by atoms with E-state index in [0.29, 0.717) is 48.2 Å². The minimum absolute atomic E-state index is 0.107. The van der Waals surface area contributed by atoms with Gasteiger partial charge in [-0.05, 0) is 18.6 Å². The molecule has 184 valence electrons. The summed E-state index contributed by atoms with van der Waals surface area (Å²) >= 11 is 0. The topological polar surface area (TPSA) is 104 Å². The number of nitrogens with zero attached hydrogens (tertiary/aromatic N) is 5. The summed E-state index contributed by atoms with van der Waals surface area (Å²) in [7, 11) is 3.40. The summed E-state index contributed by atoms with van der Waals surface area (Å²) in [6.45, 7) is 3.16. The Balaban J connectivity index is 1.47. The van der Waals surface area contributed by atoms with Crippen LogP contribution >= 0.6 is 0 Å². The molecule has 2 amide bonds. The van der Waals surface area contributed by atoms with E-state index in [2.05, 4.69) is 10.2 Å². The number of benzene rings is 2. The van der Waals surface area contributed by atoms with E-state index in [-0.39, 0.29) is 17.4 Å². The normalized spacial score (nSPS) is 13.9. The molecule has 2 aromatic heterocycles. The predicted molar refractivity (Wildman–Crippen MR) is 136 cm³/mol. The van der Waals surface area contributed by atoms with Crippen molar-refractivity contribution in [3.63, 3.8) is 0 Å². The van der Waals surface area contributed by atoms with Gasteiger partial charge in [-0.15, -0.1) is 0 Å². The van der Waals surface area contributed by atoms with Crippen molar-refractivity contribution in [2.75, 3.05) is 20.6 Å². The number of nitrogens with one attached hydrogen (secondary N) is 1. The summed E-state index contributed by atoms with van der Waals surface area (Å²) in [5.74, 6) is -0.862. The van der Waals surface area contributed by atoms with Crippen LogP contribution in [0.4, 0.5) is 0 Å². The highest BCUT2D eigenvalue weighted by atomic mass is 16.2. The second-order valence-corrected chi connectivity index (χ2v) is 9.33. The summed E-state index contributed by atoms with van der Waals surface area (Å²) in [5, 5.41) is 12.6. The van der Waals surface area contributed by atoms with Crippen molar-refractivity contribution in [2.45, 2.75) is 32.4 Å². The molecule has 36 heavy (non-hydrogen) atoms. The summed E-state index contributed by atoms with van der Waals surface area (Å²) < 4.78 is 1.89. The van der Waals surface area contributed by atoms with Crippen LogP contribution in [-0.4, -0.2) is 62.2 Å². The van der Waals surface area contributed by atoms with Gasteiger partial charge in [0.05, 0.1) is 23.5 Å². The van der Waals surface area contributed by atoms with Crippen LogP contribution in [0.3, 0.4) is 0 Å². The number of fused-ring (bicyclic) bond motifs is 2. The Morgan fingerprint density at radius 3 is 2.47 bits per heavy atom. The Morgan fingerprint density at radius 2 is 1.75 bits per heavy atom. The van der Waals surface area contributed by atoms with Crippen molar-refractivity contribution in [1.82, 2.24) is 29.8 Å². The van der Waals surface area contributed by atoms with Crippen LogP contribution in [0, 0.1) is 0 Å². The van der Waals surface area contributed by atoms with Crippen molar-refractivity contribution < 1.29 is 9.59 Å². The lowest BCUT2D eigenvalue weighted by atomic mass is 9.98. The van der Waals surface area contributed by atoms with E-state index >= 15 is 0 Å². The predicted octanol–water partition coefficient (Wildman–Crippen LogP) is 2.56. The van der Waals surface area contributed by atoms with Gasteiger partial charge in [0.15, 0.2) is 5.69 Å². The largest absolute Gasteiger partial charge is 0.343 e. The zero-order valence-electron chi connectivity index (χ0n) is 20.6. The Kier molecular flexibility index (Phi) is 6.13. The maximum absolute atomic E-state index is 13.6. The minimum atomic E-state index is -0.569. The van der Waals surface area contributed by atoms with Gasteiger partial charge >= 0.3 is 0 Å². The molecule has 9 nitrogen and oxygen atoms in total. The van der Waals surface area contributed by atoms with Crippen LogP contribution in [0.1, 0.15) is 45.8 Å². The van der Waals surface area contributed by atoms with Gasteiger partial charge in [-0.3, -0.25) is 19.1 Å². The van der Waals surface area contributed by atoms with Crippen LogP contribution < -0.4 is 5.56 Å². The highest BCUT2D eigenvalue weighted by Gasteiger charge is 2.33. The first-order chi connectivity index (χ1) is 17.3. The third-order valence-electron chi connectivity index (χ3n) is 6.74. The SMILES string of the molecule is C[C@@H](C(=O)N1CCc2c(c(C(=O)N(C)C)nn2Cc2ccccc2)C1)c1n[nH]c(=O)c2ccccc12. The van der Waals surface area contributed by atoms with E-state index in [0.717, 1.165) is 16.8 Å². The highest BCUT2D eigenvalue weighted by Crippen LogP contribution is 2.28. The van der Waals surface area contributed by atoms with E-state index in [9.17, 15) is 14.4 Å². The maximum Gasteiger partial charge on any atom is 0.274 e. The van der Waals surface area contributed by atoms with Crippen molar-refractivity contribution in [1.29, 1.82) is 0 Å². The highest BCUT2D eigenvalue weighted by molar-refractivity contribution is 5.94. The summed E-state index contributed by atoms with van der Waals surface area (Å²) in [5.41, 5.74) is 3.49. The summed E-state index contributed by atoms with van der Waals surface area (Å²) in [6.07, 6.45) is 0.591. The Labute approximate surface area is 208 Å². The molecule has 2 aromatic carbocycles. The van der Waals surface area contributed by atoms with E-state index in [1.54, 1.807) is 38.1 Å². The molecule has 1 aliphatic rings. The van der Waals surface area contributed by atoms with E-state index in [1.807, 2.05) is 47.1 Å². The van der Waals surface area contributed by atoms with Crippen LogP contribution in [0.5, 0.6) is 0 Å². The van der Waals surface area contributed by atoms with Gasteiger partial charge in [0.2, 0.25) is 5.91 Å². The molecule has 3 heterocycles. The van der Waals surface area contributed by atoms with Gasteiger partial charge in [0, 0.05) is 50.2 Å². The average Bonchev–Trinajstić information content (AvgIpc) is 3.25. The number of rotatable bonds is 5. The van der Waals surface area contributed by atoms with Gasteiger partial charge in [-0.25, -0.2) is 5.10 Å². The number of amides is 2. The van der Waals surface area contributed by atoms with Gasteiger partial charge in [0.25, 0.3) is 11.5 Å². The number of aromatic nitrogens is 4. The Hall–Kier alpha value is -4.27. The first-order valence-corrected chi connectivity index (χ1v) is 12.0. The van der Waals surface area contributed by atoms with Gasteiger partial charge < -0.3 is 9.80 Å². The lowest BCUT2D eigenvalue weighted by molar-refractivity contribution is -0.133. The standard InChI is InChI=1S/C27H28N6O3/c1-17(23-19-11-7-8-12-20(19)25(34)29-28-23)26(35)32-14-13-22-21(16-32)24(27(36)31(2)3)30-33(22)15-18-9-5-4-6-10-18/h4-12,17H,13-16H2,1-3H3,(H,29,34)/t17-/m1/s1. The molecule has 5 rings (SSSR count). The lowest BCUT2D eigenvalue weighted by Gasteiger charge is -2.30. The smallest absolute Gasteiger partial charge is 0.274 e. The number of carbonyl (C=O) groups excluding carboxylic acids is 2. The molecular formula is C27H28N6O3. The Bertz CT molecular complexity index is 1510. The molecule has 4 aromatic rings. The molecule has 0 spiro atoms. The molecule has 1 atom stereocenters. The fourth-order valence-electron chi connectivity index (χ4n) is 4.81. The van der Waals surface area contributed by atoms with Crippen molar-refractivity contribution in [2.24, 2.45) is 0 Å². The molecule has 0 fully saturated rings. The monoisotopic (exact) mass is 484 g/mol. The van der Waals surface area contributed by atoms with Crippen molar-refractivity contribution >= 4 is 22.6 Å². The molecular weight excluding hydrogens is 456 g/mol. The zero-order chi connectivity index (χ0) is 25.4. The number of hydrogen-bond acceptors (Lipinski definition) is 5. The fraction of sp³-hybridized carbons (Fsp3) is 0.296. The quantitative estimate of drug-likeness (QED) is 0.469. The van der Waals surface area contributed by atoms with Crippen LogP contribution in [0.2, 0.25) is 0 Å². The van der Waals surface area contributed by atoms with Gasteiger partial charge in [0.1, 0.15) is 0 Å². The number of H-pyrrole nitrogens is 1. The van der Waals surface area contributed by atoms with Crippen molar-refractivity contribution in [3.8, 4) is 0 Å².